The van der Waals surface area contributed by atoms with Crippen LogP contribution in [0.4, 0.5) is 0 Å². The quantitative estimate of drug-likeness (QED) is 0.168. The molecule has 0 spiro atoms. The number of furan rings is 2. The summed E-state index contributed by atoms with van der Waals surface area (Å²) in [4.78, 5) is 20.0. The summed E-state index contributed by atoms with van der Waals surface area (Å²) in [5, 5.41) is 6.56. The minimum Gasteiger partial charge on any atom is -0.456 e. The Morgan fingerprint density at radius 1 is 0.283 bits per heavy atom. The van der Waals surface area contributed by atoms with E-state index in [9.17, 15) is 0 Å². The summed E-state index contributed by atoms with van der Waals surface area (Å²) >= 11 is 0. The van der Waals surface area contributed by atoms with Gasteiger partial charge in [-0.25, -0.2) is 15.0 Å². The Labute approximate surface area is 344 Å². The number of para-hydroxylation sites is 2. The molecule has 0 unspecified atom stereocenters. The van der Waals surface area contributed by atoms with Gasteiger partial charge in [0.05, 0.1) is 0 Å². The van der Waals surface area contributed by atoms with Crippen LogP contribution in [0.2, 0.25) is 0 Å². The average Bonchev–Trinajstić information content (AvgIpc) is 3.89. The maximum Gasteiger partial charge on any atom is 0.164 e. The summed E-state index contributed by atoms with van der Waals surface area (Å²) < 4.78 is 12.4. The van der Waals surface area contributed by atoms with E-state index in [1.54, 1.807) is 0 Å². The van der Waals surface area contributed by atoms with Crippen LogP contribution in [-0.2, 0) is 0 Å². The van der Waals surface area contributed by atoms with E-state index in [2.05, 4.69) is 126 Å². The molecular formula is C54H32N4O2. The summed E-state index contributed by atoms with van der Waals surface area (Å²) in [7, 11) is 0. The van der Waals surface area contributed by atoms with E-state index in [0.29, 0.717) is 17.5 Å². The Hall–Kier alpha value is -8.22. The Morgan fingerprint density at radius 2 is 0.733 bits per heavy atom. The number of hydrogen-bond acceptors (Lipinski definition) is 6. The summed E-state index contributed by atoms with van der Waals surface area (Å²) in [6.07, 6.45) is 3.83. The number of nitrogens with zero attached hydrogens (tertiary/aromatic N) is 4. The van der Waals surface area contributed by atoms with Gasteiger partial charge in [0.15, 0.2) is 17.5 Å². The first-order valence-electron chi connectivity index (χ1n) is 19.9. The molecule has 4 aromatic heterocycles. The zero-order valence-electron chi connectivity index (χ0n) is 32.1. The highest BCUT2D eigenvalue weighted by atomic mass is 16.3. The van der Waals surface area contributed by atoms with Crippen molar-refractivity contribution in [2.24, 2.45) is 0 Å². The molecule has 6 nitrogen and oxygen atoms in total. The number of rotatable bonds is 6. The second-order valence-electron chi connectivity index (χ2n) is 15.1. The monoisotopic (exact) mass is 768 g/mol. The molecule has 4 heterocycles. The highest BCUT2D eigenvalue weighted by Crippen LogP contribution is 2.39. The first kappa shape index (κ1) is 33.9. The standard InChI is InChI=1S/C54H32N4O2/c1-2-10-34(11-3-1)52-56-53(35-20-18-33(19-21-35)47-32-55-31-38-12-4-5-13-42(38)47)58-54(57-52)41-27-39(36-22-24-50-45(29-36)43-14-6-8-16-48(43)59-50)26-40(28-41)37-23-25-51-46(30-37)44-15-7-9-17-49(44)60-51/h1-32H. The van der Waals surface area contributed by atoms with Crippen molar-refractivity contribution in [1.82, 2.24) is 19.9 Å². The smallest absolute Gasteiger partial charge is 0.164 e. The molecule has 0 aliphatic heterocycles. The van der Waals surface area contributed by atoms with Gasteiger partial charge in [0.2, 0.25) is 0 Å². The Bertz CT molecular complexity index is 3470. The van der Waals surface area contributed by atoms with Crippen LogP contribution in [0.25, 0.3) is 122 Å². The first-order chi connectivity index (χ1) is 29.7. The predicted molar refractivity (Wildman–Crippen MR) is 242 cm³/mol. The largest absolute Gasteiger partial charge is 0.456 e. The molecule has 0 N–H and O–H groups in total. The number of hydrogen-bond donors (Lipinski definition) is 0. The van der Waals surface area contributed by atoms with E-state index in [4.69, 9.17) is 23.8 Å². The normalized spacial score (nSPS) is 11.7. The van der Waals surface area contributed by atoms with Crippen molar-refractivity contribution in [3.05, 3.63) is 194 Å². The van der Waals surface area contributed by atoms with Gasteiger partial charge >= 0.3 is 0 Å². The van der Waals surface area contributed by atoms with E-state index < -0.39 is 0 Å². The molecule has 0 saturated carbocycles. The van der Waals surface area contributed by atoms with Gasteiger partial charge in [0, 0.05) is 61.6 Å². The Morgan fingerprint density at radius 3 is 1.35 bits per heavy atom. The van der Waals surface area contributed by atoms with E-state index in [1.165, 1.54) is 0 Å². The van der Waals surface area contributed by atoms with Crippen molar-refractivity contribution in [1.29, 1.82) is 0 Å². The molecule has 12 aromatic rings. The van der Waals surface area contributed by atoms with Crippen molar-refractivity contribution in [3.8, 4) is 67.5 Å². The lowest BCUT2D eigenvalue weighted by molar-refractivity contribution is 0.668. The lowest BCUT2D eigenvalue weighted by Gasteiger charge is -2.13. The minimum absolute atomic E-state index is 0.578. The zero-order chi connectivity index (χ0) is 39.6. The molecule has 12 rings (SSSR count). The van der Waals surface area contributed by atoms with Crippen LogP contribution in [0.3, 0.4) is 0 Å². The van der Waals surface area contributed by atoms with Crippen LogP contribution in [-0.4, -0.2) is 19.9 Å². The van der Waals surface area contributed by atoms with Gasteiger partial charge in [-0.2, -0.15) is 0 Å². The van der Waals surface area contributed by atoms with Crippen LogP contribution in [0.1, 0.15) is 0 Å². The summed E-state index contributed by atoms with van der Waals surface area (Å²) in [5.41, 5.74) is 12.4. The van der Waals surface area contributed by atoms with Crippen LogP contribution >= 0.6 is 0 Å². The Balaban J connectivity index is 1.04. The minimum atomic E-state index is 0.578. The molecule has 6 heteroatoms. The number of benzene rings is 8. The maximum absolute atomic E-state index is 6.22. The SMILES string of the molecule is c1ccc(-c2nc(-c3ccc(-c4cncc5ccccc45)cc3)nc(-c3cc(-c4ccc5oc6ccccc6c5c4)cc(-c4ccc5oc6ccccc6c5c4)c3)n2)cc1. The van der Waals surface area contributed by atoms with Crippen molar-refractivity contribution in [2.75, 3.05) is 0 Å². The van der Waals surface area contributed by atoms with Gasteiger partial charge in [-0.1, -0.05) is 127 Å². The number of aromatic nitrogens is 4. The van der Waals surface area contributed by atoms with Crippen LogP contribution in [0.15, 0.2) is 203 Å². The molecular weight excluding hydrogens is 737 g/mol. The third kappa shape index (κ3) is 5.81. The van der Waals surface area contributed by atoms with Gasteiger partial charge in [-0.15, -0.1) is 0 Å². The molecule has 0 fully saturated rings. The molecule has 0 aliphatic rings. The lowest BCUT2D eigenvalue weighted by atomic mass is 9.94. The van der Waals surface area contributed by atoms with Crippen molar-refractivity contribution in [3.63, 3.8) is 0 Å². The predicted octanol–water partition coefficient (Wildman–Crippen LogP) is 14.2. The molecule has 0 atom stereocenters. The Kier molecular flexibility index (Phi) is 7.74. The van der Waals surface area contributed by atoms with Crippen LogP contribution in [0.5, 0.6) is 0 Å². The average molecular weight is 769 g/mol. The van der Waals surface area contributed by atoms with Gasteiger partial charge < -0.3 is 8.83 Å². The van der Waals surface area contributed by atoms with Crippen LogP contribution in [0, 0.1) is 0 Å². The van der Waals surface area contributed by atoms with Crippen molar-refractivity contribution >= 4 is 54.6 Å². The van der Waals surface area contributed by atoms with E-state index in [1.807, 2.05) is 73.1 Å². The molecule has 0 saturated heterocycles. The van der Waals surface area contributed by atoms with Gasteiger partial charge in [0.1, 0.15) is 22.3 Å². The van der Waals surface area contributed by atoms with Crippen molar-refractivity contribution in [2.45, 2.75) is 0 Å². The van der Waals surface area contributed by atoms with Gasteiger partial charge in [-0.3, -0.25) is 4.98 Å². The van der Waals surface area contributed by atoms with Gasteiger partial charge in [-0.05, 0) is 87.8 Å². The maximum atomic E-state index is 6.22. The molecule has 0 amide bonds. The fourth-order valence-corrected chi connectivity index (χ4v) is 8.40. The topological polar surface area (TPSA) is 77.8 Å². The zero-order valence-corrected chi connectivity index (χ0v) is 32.1. The van der Waals surface area contributed by atoms with Crippen molar-refractivity contribution < 1.29 is 8.83 Å². The number of pyridine rings is 1. The molecule has 60 heavy (non-hydrogen) atoms. The number of fused-ring (bicyclic) bond motifs is 7. The molecule has 0 aliphatic carbocycles. The fraction of sp³-hybridized carbons (Fsp3) is 0. The lowest BCUT2D eigenvalue weighted by Crippen LogP contribution is -2.00. The molecule has 0 bridgehead atoms. The summed E-state index contributed by atoms with van der Waals surface area (Å²) in [5.74, 6) is 1.77. The fourth-order valence-electron chi connectivity index (χ4n) is 8.40. The van der Waals surface area contributed by atoms with Crippen LogP contribution < -0.4 is 0 Å². The molecule has 0 radical (unpaired) electrons. The third-order valence-corrected chi connectivity index (χ3v) is 11.4. The second-order valence-corrected chi connectivity index (χ2v) is 15.1. The van der Waals surface area contributed by atoms with E-state index in [-0.39, 0.29) is 0 Å². The highest BCUT2D eigenvalue weighted by molar-refractivity contribution is 6.08. The van der Waals surface area contributed by atoms with E-state index in [0.717, 1.165) is 105 Å². The third-order valence-electron chi connectivity index (χ3n) is 11.4. The highest BCUT2D eigenvalue weighted by Gasteiger charge is 2.17. The van der Waals surface area contributed by atoms with Gasteiger partial charge in [0.25, 0.3) is 0 Å². The summed E-state index contributed by atoms with van der Waals surface area (Å²) in [6, 6.07) is 62.6. The molecule has 280 valence electrons. The summed E-state index contributed by atoms with van der Waals surface area (Å²) in [6.45, 7) is 0. The second kappa shape index (κ2) is 13.7. The molecule has 8 aromatic carbocycles. The first-order valence-corrected chi connectivity index (χ1v) is 19.9. The van der Waals surface area contributed by atoms with E-state index >= 15 is 0 Å².